The molecule has 0 aliphatic heterocycles. The van der Waals surface area contributed by atoms with E-state index in [0.29, 0.717) is 0 Å². The average molecular weight is 165 g/mol. The zero-order chi connectivity index (χ0) is 9.56. The molecule has 0 aliphatic carbocycles. The Kier molecular flexibility index (Phi) is 4.77. The van der Waals surface area contributed by atoms with Crippen LogP contribution in [0.5, 0.6) is 0 Å². The van der Waals surface area contributed by atoms with E-state index in [9.17, 15) is 4.79 Å². The molecule has 0 unspecified atom stereocenters. The molecule has 2 nitrogen and oxygen atoms in total. The monoisotopic (exact) mass is 165 g/mol. The van der Waals surface area contributed by atoms with Crippen LogP contribution in [0.3, 0.4) is 0 Å². The first-order valence-corrected chi connectivity index (χ1v) is 3.81. The molecule has 1 N–H and O–H groups in total. The van der Waals surface area contributed by atoms with E-state index in [4.69, 9.17) is 0 Å². The minimum atomic E-state index is -0.0803. The molecule has 0 aromatic carbocycles. The first-order valence-electron chi connectivity index (χ1n) is 3.81. The van der Waals surface area contributed by atoms with Crippen molar-refractivity contribution in [3.63, 3.8) is 0 Å². The highest BCUT2D eigenvalue weighted by molar-refractivity contribution is 5.75. The van der Waals surface area contributed by atoms with Crippen LogP contribution < -0.4 is 5.32 Å². The molecule has 0 heterocycles. The van der Waals surface area contributed by atoms with Gasteiger partial charge in [0.05, 0.1) is 0 Å². The van der Waals surface area contributed by atoms with Gasteiger partial charge in [0.25, 0.3) is 0 Å². The van der Waals surface area contributed by atoms with Crippen LogP contribution in [0.15, 0.2) is 36.1 Å². The first-order chi connectivity index (χ1) is 5.56. The van der Waals surface area contributed by atoms with Crippen molar-refractivity contribution in [3.05, 3.63) is 36.1 Å². The third-order valence-electron chi connectivity index (χ3n) is 1.14. The molecule has 0 aromatic heterocycles. The number of carbonyl (C=O) groups is 1. The van der Waals surface area contributed by atoms with Gasteiger partial charge in [0.1, 0.15) is 0 Å². The summed E-state index contributed by atoms with van der Waals surface area (Å²) in [5.74, 6) is -0.0803. The van der Waals surface area contributed by atoms with Crippen LogP contribution >= 0.6 is 0 Å². The quantitative estimate of drug-likeness (QED) is 0.638. The number of allylic oxidation sites excluding steroid dienone is 4. The summed E-state index contributed by atoms with van der Waals surface area (Å²) in [6.07, 6.45) is 5.36. The van der Waals surface area contributed by atoms with Crippen LogP contribution in [0, 0.1) is 0 Å². The minimum absolute atomic E-state index is 0.0803. The summed E-state index contributed by atoms with van der Waals surface area (Å²) in [5.41, 5.74) is 1.91. The second-order valence-corrected chi connectivity index (χ2v) is 2.75. The van der Waals surface area contributed by atoms with Crippen LogP contribution in [0.4, 0.5) is 0 Å². The van der Waals surface area contributed by atoms with E-state index < -0.39 is 0 Å². The van der Waals surface area contributed by atoms with E-state index in [0.717, 1.165) is 5.70 Å². The molecule has 2 heteroatoms. The van der Waals surface area contributed by atoms with Crippen molar-refractivity contribution in [2.75, 3.05) is 0 Å². The maximum absolute atomic E-state index is 10.6. The summed E-state index contributed by atoms with van der Waals surface area (Å²) in [7, 11) is 0. The van der Waals surface area contributed by atoms with Gasteiger partial charge in [-0.1, -0.05) is 18.2 Å². The van der Waals surface area contributed by atoms with Gasteiger partial charge in [0, 0.05) is 12.6 Å². The van der Waals surface area contributed by atoms with Gasteiger partial charge in [0.2, 0.25) is 5.91 Å². The molecule has 1 amide bonds. The van der Waals surface area contributed by atoms with Gasteiger partial charge in [-0.25, -0.2) is 0 Å². The zero-order valence-corrected chi connectivity index (χ0v) is 7.85. The highest BCUT2D eigenvalue weighted by atomic mass is 16.1. The molecule has 0 rings (SSSR count). The van der Waals surface area contributed by atoms with E-state index in [2.05, 4.69) is 11.9 Å². The molecule has 66 valence electrons. The van der Waals surface area contributed by atoms with E-state index in [1.54, 1.807) is 6.08 Å². The molecule has 0 saturated carbocycles. The molecular weight excluding hydrogens is 150 g/mol. The van der Waals surface area contributed by atoms with Gasteiger partial charge in [0.15, 0.2) is 0 Å². The van der Waals surface area contributed by atoms with E-state index >= 15 is 0 Å². The van der Waals surface area contributed by atoms with Gasteiger partial charge < -0.3 is 5.32 Å². The summed E-state index contributed by atoms with van der Waals surface area (Å²) in [6, 6.07) is 0. The standard InChI is InChI=1S/C10H15NO/c1-5-10(11-9(4)12)7-6-8(2)3/h5-7H,1H2,2-4H3,(H,11,12)/b10-7+. The lowest BCUT2D eigenvalue weighted by Crippen LogP contribution is -2.17. The third-order valence-corrected chi connectivity index (χ3v) is 1.14. The molecular formula is C10H15NO. The lowest BCUT2D eigenvalue weighted by molar-refractivity contribution is -0.118. The Morgan fingerprint density at radius 3 is 2.17 bits per heavy atom. The molecule has 0 saturated heterocycles. The van der Waals surface area contributed by atoms with Gasteiger partial charge in [-0.2, -0.15) is 0 Å². The Balaban J connectivity index is 4.34. The maximum Gasteiger partial charge on any atom is 0.221 e. The van der Waals surface area contributed by atoms with Gasteiger partial charge >= 0.3 is 0 Å². The highest BCUT2D eigenvalue weighted by Gasteiger charge is 1.91. The summed E-state index contributed by atoms with van der Waals surface area (Å²) >= 11 is 0. The van der Waals surface area contributed by atoms with Crippen LogP contribution in [0.2, 0.25) is 0 Å². The van der Waals surface area contributed by atoms with E-state index in [-0.39, 0.29) is 5.91 Å². The van der Waals surface area contributed by atoms with Crippen molar-refractivity contribution < 1.29 is 4.79 Å². The van der Waals surface area contributed by atoms with Gasteiger partial charge in [-0.15, -0.1) is 0 Å². The Labute approximate surface area is 73.7 Å². The van der Waals surface area contributed by atoms with Crippen molar-refractivity contribution in [1.29, 1.82) is 0 Å². The SMILES string of the molecule is C=C/C(=C\C=C(C)C)NC(C)=O. The molecule has 0 radical (unpaired) electrons. The van der Waals surface area contributed by atoms with E-state index in [1.807, 2.05) is 26.0 Å². The van der Waals surface area contributed by atoms with Crippen LogP contribution in [0.1, 0.15) is 20.8 Å². The molecule has 0 spiro atoms. The predicted molar refractivity (Wildman–Crippen MR) is 51.5 cm³/mol. The normalized spacial score (nSPS) is 10.4. The fourth-order valence-electron chi connectivity index (χ4n) is 0.620. The largest absolute Gasteiger partial charge is 0.326 e. The molecule has 0 bridgehead atoms. The maximum atomic E-state index is 10.6. The average Bonchev–Trinajstić information content (AvgIpc) is 1.97. The van der Waals surface area contributed by atoms with Crippen molar-refractivity contribution in [1.82, 2.24) is 5.32 Å². The molecule has 0 fully saturated rings. The second-order valence-electron chi connectivity index (χ2n) is 2.75. The van der Waals surface area contributed by atoms with Gasteiger partial charge in [-0.05, 0) is 26.0 Å². The Morgan fingerprint density at radius 2 is 1.83 bits per heavy atom. The lowest BCUT2D eigenvalue weighted by Gasteiger charge is -1.99. The van der Waals surface area contributed by atoms with Crippen LogP contribution in [-0.2, 0) is 4.79 Å². The summed E-state index contributed by atoms with van der Waals surface area (Å²) in [4.78, 5) is 10.6. The minimum Gasteiger partial charge on any atom is -0.326 e. The Bertz CT molecular complexity index is 232. The predicted octanol–water partition coefficient (Wildman–Crippen LogP) is 2.16. The second kappa shape index (κ2) is 5.35. The molecule has 0 aliphatic rings. The highest BCUT2D eigenvalue weighted by Crippen LogP contribution is 1.95. The topological polar surface area (TPSA) is 29.1 Å². The smallest absolute Gasteiger partial charge is 0.221 e. The third kappa shape index (κ3) is 5.47. The first kappa shape index (κ1) is 10.7. The fraction of sp³-hybridized carbons (Fsp3) is 0.300. The van der Waals surface area contributed by atoms with Crippen molar-refractivity contribution in [2.45, 2.75) is 20.8 Å². The number of hydrogen-bond donors (Lipinski definition) is 1. The fourth-order valence-corrected chi connectivity index (χ4v) is 0.620. The Hall–Kier alpha value is -1.31. The summed E-state index contributed by atoms with van der Waals surface area (Å²) in [5, 5.41) is 2.64. The van der Waals surface area contributed by atoms with Crippen LogP contribution in [-0.4, -0.2) is 5.91 Å². The van der Waals surface area contributed by atoms with Crippen molar-refractivity contribution in [3.8, 4) is 0 Å². The molecule has 0 atom stereocenters. The molecule has 0 aromatic rings. The number of rotatable bonds is 3. The summed E-state index contributed by atoms with van der Waals surface area (Å²) in [6.45, 7) is 9.03. The summed E-state index contributed by atoms with van der Waals surface area (Å²) < 4.78 is 0. The molecule has 12 heavy (non-hydrogen) atoms. The van der Waals surface area contributed by atoms with Crippen LogP contribution in [0.25, 0.3) is 0 Å². The number of carbonyl (C=O) groups excluding carboxylic acids is 1. The number of hydrogen-bond acceptors (Lipinski definition) is 1. The van der Waals surface area contributed by atoms with Crippen molar-refractivity contribution >= 4 is 5.91 Å². The van der Waals surface area contributed by atoms with E-state index in [1.165, 1.54) is 12.5 Å². The number of nitrogens with one attached hydrogen (secondary N) is 1. The number of amides is 1. The van der Waals surface area contributed by atoms with Crippen molar-refractivity contribution in [2.24, 2.45) is 0 Å². The van der Waals surface area contributed by atoms with Gasteiger partial charge in [-0.3, -0.25) is 4.79 Å². The lowest BCUT2D eigenvalue weighted by atomic mass is 10.3. The zero-order valence-electron chi connectivity index (χ0n) is 7.85. The Morgan fingerprint density at radius 1 is 1.25 bits per heavy atom.